The van der Waals surface area contributed by atoms with E-state index < -0.39 is 10.0 Å². The van der Waals surface area contributed by atoms with Crippen LogP contribution in [0.3, 0.4) is 0 Å². The lowest BCUT2D eigenvalue weighted by Crippen LogP contribution is -2.45. The maximum absolute atomic E-state index is 12.6. The average molecular weight is 298 g/mol. The van der Waals surface area contributed by atoms with Crippen LogP contribution in [0, 0.1) is 0 Å². The molecule has 20 heavy (non-hydrogen) atoms. The van der Waals surface area contributed by atoms with Gasteiger partial charge in [0, 0.05) is 24.8 Å². The van der Waals surface area contributed by atoms with Gasteiger partial charge in [0.2, 0.25) is 10.0 Å². The van der Waals surface area contributed by atoms with Crippen LogP contribution in [0.25, 0.3) is 0 Å². The minimum Gasteiger partial charge on any atom is -0.395 e. The van der Waals surface area contributed by atoms with Gasteiger partial charge in [-0.15, -0.1) is 0 Å². The summed E-state index contributed by atoms with van der Waals surface area (Å²) in [6, 6.07) is 6.83. The Labute approximate surface area is 120 Å². The maximum atomic E-state index is 12.6. The Morgan fingerprint density at radius 2 is 1.95 bits per heavy atom. The predicted molar refractivity (Wildman–Crippen MR) is 79.2 cm³/mol. The van der Waals surface area contributed by atoms with E-state index in [1.807, 2.05) is 6.92 Å². The van der Waals surface area contributed by atoms with Crippen LogP contribution in [0.5, 0.6) is 0 Å². The molecule has 0 aromatic heterocycles. The van der Waals surface area contributed by atoms with Gasteiger partial charge in [-0.3, -0.25) is 0 Å². The highest BCUT2D eigenvalue weighted by Crippen LogP contribution is 2.30. The number of anilines is 1. The molecule has 0 heterocycles. The minimum absolute atomic E-state index is 0.0422. The first-order valence-electron chi connectivity index (χ1n) is 7.06. The highest BCUT2D eigenvalue weighted by Gasteiger charge is 2.34. The van der Waals surface area contributed by atoms with E-state index in [0.717, 1.165) is 31.5 Å². The lowest BCUT2D eigenvalue weighted by atomic mass is 9.93. The second-order valence-corrected chi connectivity index (χ2v) is 6.87. The second-order valence-electron chi connectivity index (χ2n) is 4.98. The first-order chi connectivity index (χ1) is 9.59. The van der Waals surface area contributed by atoms with Crippen molar-refractivity contribution in [3.05, 3.63) is 24.3 Å². The molecule has 0 atom stereocenters. The second kappa shape index (κ2) is 6.56. The molecule has 2 N–H and O–H groups in total. The molecule has 112 valence electrons. The van der Waals surface area contributed by atoms with Crippen LogP contribution in [0.2, 0.25) is 0 Å². The number of hydrogen-bond donors (Lipinski definition) is 2. The molecular weight excluding hydrogens is 276 g/mol. The zero-order valence-electron chi connectivity index (χ0n) is 11.7. The van der Waals surface area contributed by atoms with E-state index in [1.165, 1.54) is 4.31 Å². The third kappa shape index (κ3) is 3.13. The molecule has 1 aliphatic carbocycles. The maximum Gasteiger partial charge on any atom is 0.243 e. The monoisotopic (exact) mass is 298 g/mol. The summed E-state index contributed by atoms with van der Waals surface area (Å²) < 4.78 is 26.7. The topological polar surface area (TPSA) is 69.6 Å². The van der Waals surface area contributed by atoms with Crippen molar-refractivity contribution in [2.24, 2.45) is 0 Å². The van der Waals surface area contributed by atoms with Crippen LogP contribution in [-0.4, -0.2) is 43.6 Å². The number of aliphatic hydroxyl groups excluding tert-OH is 1. The first kappa shape index (κ1) is 15.3. The molecule has 1 aromatic rings. The summed E-state index contributed by atoms with van der Waals surface area (Å²) >= 11 is 0. The van der Waals surface area contributed by atoms with Gasteiger partial charge in [-0.25, -0.2) is 8.42 Å². The Morgan fingerprint density at radius 1 is 1.30 bits per heavy atom. The number of benzene rings is 1. The van der Waals surface area contributed by atoms with Crippen LogP contribution in [0.1, 0.15) is 26.2 Å². The fourth-order valence-corrected chi connectivity index (χ4v) is 4.03. The molecule has 1 aliphatic rings. The molecule has 0 bridgehead atoms. The molecule has 6 heteroatoms. The van der Waals surface area contributed by atoms with E-state index in [2.05, 4.69) is 5.32 Å². The summed E-state index contributed by atoms with van der Waals surface area (Å²) in [5, 5.41) is 12.3. The zero-order chi connectivity index (χ0) is 14.6. The molecule has 0 saturated heterocycles. The summed E-state index contributed by atoms with van der Waals surface area (Å²) in [5.74, 6) is 0. The van der Waals surface area contributed by atoms with E-state index >= 15 is 0 Å². The van der Waals surface area contributed by atoms with Crippen molar-refractivity contribution in [2.45, 2.75) is 37.1 Å². The van der Waals surface area contributed by atoms with Crippen molar-refractivity contribution >= 4 is 15.7 Å². The Kier molecular flexibility index (Phi) is 5.01. The average Bonchev–Trinajstić information content (AvgIpc) is 2.37. The molecule has 2 rings (SSSR count). The fraction of sp³-hybridized carbons (Fsp3) is 0.571. The van der Waals surface area contributed by atoms with Crippen molar-refractivity contribution in [2.75, 3.05) is 25.0 Å². The Bertz CT molecular complexity index is 524. The molecule has 0 aliphatic heterocycles. The van der Waals surface area contributed by atoms with Gasteiger partial charge in [0.1, 0.15) is 0 Å². The molecule has 0 unspecified atom stereocenters. The number of sulfonamides is 1. The third-order valence-corrected chi connectivity index (χ3v) is 5.61. The van der Waals surface area contributed by atoms with Crippen molar-refractivity contribution < 1.29 is 13.5 Å². The van der Waals surface area contributed by atoms with E-state index in [0.29, 0.717) is 4.90 Å². The van der Waals surface area contributed by atoms with Crippen LogP contribution in [0.4, 0.5) is 5.69 Å². The summed E-state index contributed by atoms with van der Waals surface area (Å²) in [4.78, 5) is 0.291. The number of hydrogen-bond acceptors (Lipinski definition) is 4. The SMILES string of the molecule is CCNc1ccc(S(=O)(=O)N(CCO)C2CCC2)cc1. The van der Waals surface area contributed by atoms with Crippen LogP contribution in [-0.2, 0) is 10.0 Å². The normalized spacial score (nSPS) is 16.1. The number of nitrogens with one attached hydrogen (secondary N) is 1. The summed E-state index contributed by atoms with van der Waals surface area (Å²) in [7, 11) is -3.51. The Balaban J connectivity index is 2.22. The highest BCUT2D eigenvalue weighted by atomic mass is 32.2. The standard InChI is InChI=1S/C14H22N2O3S/c1-2-15-12-6-8-14(9-7-12)20(18,19)16(10-11-17)13-4-3-5-13/h6-9,13,15,17H,2-5,10-11H2,1H3. The van der Waals surface area contributed by atoms with Gasteiger partial charge in [-0.1, -0.05) is 6.42 Å². The first-order valence-corrected chi connectivity index (χ1v) is 8.50. The molecule has 0 spiro atoms. The van der Waals surface area contributed by atoms with Gasteiger partial charge in [0.05, 0.1) is 11.5 Å². The van der Waals surface area contributed by atoms with Crippen molar-refractivity contribution in [1.29, 1.82) is 0 Å². The summed E-state index contributed by atoms with van der Waals surface area (Å²) in [6.07, 6.45) is 2.82. The molecule has 5 nitrogen and oxygen atoms in total. The molecule has 1 saturated carbocycles. The number of nitrogens with zero attached hydrogens (tertiary/aromatic N) is 1. The summed E-state index contributed by atoms with van der Waals surface area (Å²) in [5.41, 5.74) is 0.906. The van der Waals surface area contributed by atoms with Gasteiger partial charge < -0.3 is 10.4 Å². The van der Waals surface area contributed by atoms with Crippen molar-refractivity contribution in [3.63, 3.8) is 0 Å². The van der Waals surface area contributed by atoms with Crippen molar-refractivity contribution in [3.8, 4) is 0 Å². The quantitative estimate of drug-likeness (QED) is 0.803. The fourth-order valence-electron chi connectivity index (χ4n) is 2.36. The van der Waals surface area contributed by atoms with Gasteiger partial charge >= 0.3 is 0 Å². The number of rotatable bonds is 7. The van der Waals surface area contributed by atoms with E-state index in [1.54, 1.807) is 24.3 Å². The van der Waals surface area contributed by atoms with Gasteiger partial charge in [0.25, 0.3) is 0 Å². The molecule has 1 fully saturated rings. The van der Waals surface area contributed by atoms with Crippen LogP contribution < -0.4 is 5.32 Å². The molecule has 0 radical (unpaired) electrons. The molecule has 0 amide bonds. The zero-order valence-corrected chi connectivity index (χ0v) is 12.6. The van der Waals surface area contributed by atoms with E-state index in [4.69, 9.17) is 5.11 Å². The van der Waals surface area contributed by atoms with Crippen LogP contribution in [0.15, 0.2) is 29.2 Å². The molecule has 1 aromatic carbocycles. The number of aliphatic hydroxyl groups is 1. The largest absolute Gasteiger partial charge is 0.395 e. The minimum atomic E-state index is -3.51. The van der Waals surface area contributed by atoms with Crippen molar-refractivity contribution in [1.82, 2.24) is 4.31 Å². The summed E-state index contributed by atoms with van der Waals surface area (Å²) in [6.45, 7) is 2.81. The lowest BCUT2D eigenvalue weighted by Gasteiger charge is -2.36. The van der Waals surface area contributed by atoms with Crippen LogP contribution >= 0.6 is 0 Å². The Morgan fingerprint density at radius 3 is 2.40 bits per heavy atom. The highest BCUT2D eigenvalue weighted by molar-refractivity contribution is 7.89. The molecular formula is C14H22N2O3S. The van der Waals surface area contributed by atoms with Gasteiger partial charge in [0.15, 0.2) is 0 Å². The van der Waals surface area contributed by atoms with E-state index in [9.17, 15) is 8.42 Å². The lowest BCUT2D eigenvalue weighted by molar-refractivity contribution is 0.178. The van der Waals surface area contributed by atoms with Gasteiger partial charge in [-0.05, 0) is 44.0 Å². The van der Waals surface area contributed by atoms with Gasteiger partial charge in [-0.2, -0.15) is 4.31 Å². The van der Waals surface area contributed by atoms with E-state index in [-0.39, 0.29) is 19.2 Å². The Hall–Kier alpha value is -1.11. The third-order valence-electron chi connectivity index (χ3n) is 3.64. The predicted octanol–water partition coefficient (Wildman–Crippen LogP) is 1.65. The smallest absolute Gasteiger partial charge is 0.243 e.